The average molecular weight is 328 g/mol. The molecule has 25 heavy (non-hydrogen) atoms. The van der Waals surface area contributed by atoms with Crippen LogP contribution in [0.15, 0.2) is 42.1 Å². The van der Waals surface area contributed by atoms with Gasteiger partial charge >= 0.3 is 0 Å². The van der Waals surface area contributed by atoms with E-state index in [1.54, 1.807) is 0 Å². The Morgan fingerprint density at radius 2 is 1.64 bits per heavy atom. The molecule has 0 spiro atoms. The van der Waals surface area contributed by atoms with Gasteiger partial charge < -0.3 is 10.2 Å². The van der Waals surface area contributed by atoms with Gasteiger partial charge in [0.2, 0.25) is 0 Å². The van der Waals surface area contributed by atoms with Gasteiger partial charge in [-0.2, -0.15) is 10.5 Å². The third kappa shape index (κ3) is 3.19. The summed E-state index contributed by atoms with van der Waals surface area (Å²) in [5.74, 6) is 0. The maximum absolute atomic E-state index is 8.83. The number of benzene rings is 2. The Kier molecular flexibility index (Phi) is 4.20. The predicted molar refractivity (Wildman–Crippen MR) is 99.0 cm³/mol. The molecular formula is C19H16N6. The highest BCUT2D eigenvalue weighted by Gasteiger charge is 2.07. The Hall–Kier alpha value is -3.64. The smallest absolute Gasteiger partial charge is 0.145 e. The molecule has 0 atom stereocenters. The summed E-state index contributed by atoms with van der Waals surface area (Å²) in [5.41, 5.74) is 6.03. The molecule has 2 aromatic carbocycles. The van der Waals surface area contributed by atoms with Crippen molar-refractivity contribution >= 4 is 33.4 Å². The van der Waals surface area contributed by atoms with Crippen molar-refractivity contribution < 1.29 is 0 Å². The number of fused-ring (bicyclic) bond motifs is 2. The van der Waals surface area contributed by atoms with Crippen LogP contribution in [0.3, 0.4) is 0 Å². The Morgan fingerprint density at radius 1 is 1.00 bits per heavy atom. The maximum Gasteiger partial charge on any atom is 0.145 e. The van der Waals surface area contributed by atoms with Gasteiger partial charge in [0.25, 0.3) is 0 Å². The molecule has 3 aromatic rings. The number of nitriles is 2. The molecule has 3 rings (SSSR count). The highest BCUT2D eigenvalue weighted by molar-refractivity contribution is 5.90. The van der Waals surface area contributed by atoms with E-state index in [1.807, 2.05) is 68.4 Å². The largest absolute Gasteiger partial charge is 0.378 e. The van der Waals surface area contributed by atoms with Crippen molar-refractivity contribution in [2.45, 2.75) is 6.92 Å². The molecule has 0 amide bonds. The van der Waals surface area contributed by atoms with Crippen LogP contribution in [-0.4, -0.2) is 24.1 Å². The van der Waals surface area contributed by atoms with Crippen molar-refractivity contribution in [2.24, 2.45) is 0 Å². The van der Waals surface area contributed by atoms with Crippen molar-refractivity contribution in [1.82, 2.24) is 9.97 Å². The van der Waals surface area contributed by atoms with Gasteiger partial charge in [-0.3, -0.25) is 0 Å². The Labute approximate surface area is 145 Å². The second-order valence-electron chi connectivity index (χ2n) is 5.87. The topological polar surface area (TPSA) is 88.6 Å². The van der Waals surface area contributed by atoms with Gasteiger partial charge in [-0.25, -0.2) is 9.97 Å². The van der Waals surface area contributed by atoms with E-state index in [0.717, 1.165) is 39.0 Å². The SMILES string of the molecule is Cc1cc2nc3ccc(N(C)C)cc3nc2cc1NC=C(C#N)C#N. The normalized spacial score (nSPS) is 10.1. The summed E-state index contributed by atoms with van der Waals surface area (Å²) in [7, 11) is 3.96. The molecule has 0 aliphatic carbocycles. The summed E-state index contributed by atoms with van der Waals surface area (Å²) >= 11 is 0. The molecule has 0 unspecified atom stereocenters. The fourth-order valence-corrected chi connectivity index (χ4v) is 2.49. The first-order valence-electron chi connectivity index (χ1n) is 7.68. The number of aryl methyl sites for hydroxylation is 1. The minimum atomic E-state index is 0.0136. The molecule has 0 saturated heterocycles. The summed E-state index contributed by atoms with van der Waals surface area (Å²) in [6.45, 7) is 1.94. The van der Waals surface area contributed by atoms with Crippen molar-refractivity contribution in [3.63, 3.8) is 0 Å². The molecule has 0 aliphatic heterocycles. The van der Waals surface area contributed by atoms with Gasteiger partial charge in [0.15, 0.2) is 0 Å². The lowest BCUT2D eigenvalue weighted by Gasteiger charge is -2.13. The molecule has 0 aliphatic rings. The van der Waals surface area contributed by atoms with Crippen LogP contribution >= 0.6 is 0 Å². The summed E-state index contributed by atoms with van der Waals surface area (Å²) in [6, 6.07) is 13.4. The molecule has 0 radical (unpaired) electrons. The summed E-state index contributed by atoms with van der Waals surface area (Å²) in [4.78, 5) is 11.4. The molecule has 6 heteroatoms. The highest BCUT2D eigenvalue weighted by Crippen LogP contribution is 2.25. The zero-order chi connectivity index (χ0) is 18.0. The predicted octanol–water partition coefficient (Wildman–Crippen LogP) is 3.50. The monoisotopic (exact) mass is 328 g/mol. The molecule has 1 N–H and O–H groups in total. The van der Waals surface area contributed by atoms with E-state index in [9.17, 15) is 0 Å². The minimum absolute atomic E-state index is 0.0136. The van der Waals surface area contributed by atoms with Crippen molar-refractivity contribution in [1.29, 1.82) is 10.5 Å². The number of allylic oxidation sites excluding steroid dienone is 1. The number of hydrogen-bond acceptors (Lipinski definition) is 6. The molecule has 1 aromatic heterocycles. The summed E-state index contributed by atoms with van der Waals surface area (Å²) in [6.07, 6.45) is 1.40. The van der Waals surface area contributed by atoms with E-state index < -0.39 is 0 Å². The first-order valence-corrected chi connectivity index (χ1v) is 7.68. The molecule has 122 valence electrons. The van der Waals surface area contributed by atoms with Crippen LogP contribution in [0.25, 0.3) is 22.1 Å². The lowest BCUT2D eigenvalue weighted by Crippen LogP contribution is -2.08. The van der Waals surface area contributed by atoms with Gasteiger partial charge in [0.1, 0.15) is 17.7 Å². The minimum Gasteiger partial charge on any atom is -0.378 e. The van der Waals surface area contributed by atoms with Gasteiger partial charge in [-0.15, -0.1) is 0 Å². The van der Waals surface area contributed by atoms with E-state index in [0.29, 0.717) is 0 Å². The van der Waals surface area contributed by atoms with Crippen molar-refractivity contribution in [3.05, 3.63) is 47.7 Å². The Bertz CT molecular complexity index is 1070. The van der Waals surface area contributed by atoms with Crippen LogP contribution in [0.2, 0.25) is 0 Å². The van der Waals surface area contributed by atoms with E-state index in [-0.39, 0.29) is 5.57 Å². The fraction of sp³-hybridized carbons (Fsp3) is 0.158. The maximum atomic E-state index is 8.83. The van der Waals surface area contributed by atoms with E-state index in [1.165, 1.54) is 6.20 Å². The molecule has 1 heterocycles. The van der Waals surface area contributed by atoms with E-state index >= 15 is 0 Å². The average Bonchev–Trinajstić information content (AvgIpc) is 2.60. The quantitative estimate of drug-likeness (QED) is 0.585. The second-order valence-corrected chi connectivity index (χ2v) is 5.87. The number of anilines is 2. The molecule has 0 fully saturated rings. The van der Waals surface area contributed by atoms with Crippen molar-refractivity contribution in [3.8, 4) is 12.1 Å². The number of nitrogens with one attached hydrogen (secondary N) is 1. The van der Waals surface area contributed by atoms with Crippen LogP contribution in [0.1, 0.15) is 5.56 Å². The van der Waals surface area contributed by atoms with Gasteiger partial charge in [0.05, 0.1) is 22.1 Å². The first kappa shape index (κ1) is 16.2. The second kappa shape index (κ2) is 6.46. The number of hydrogen-bond donors (Lipinski definition) is 1. The van der Waals surface area contributed by atoms with Crippen LogP contribution < -0.4 is 10.2 Å². The molecule has 0 bridgehead atoms. The Morgan fingerprint density at radius 3 is 2.32 bits per heavy atom. The zero-order valence-electron chi connectivity index (χ0n) is 14.2. The molecule has 0 saturated carbocycles. The zero-order valence-corrected chi connectivity index (χ0v) is 14.2. The number of rotatable bonds is 3. The fourth-order valence-electron chi connectivity index (χ4n) is 2.49. The molecule has 6 nitrogen and oxygen atoms in total. The van der Waals surface area contributed by atoms with E-state index in [4.69, 9.17) is 15.5 Å². The standard InChI is InChI=1S/C19H16N6/c1-12-6-17-19(8-16(12)22-11-13(9-20)10-21)24-18-7-14(25(2)3)4-5-15(18)23-17/h4-8,11,22H,1-3H3. The Balaban J connectivity index is 2.11. The lowest BCUT2D eigenvalue weighted by molar-refractivity contribution is 1.13. The van der Waals surface area contributed by atoms with Crippen LogP contribution in [-0.2, 0) is 0 Å². The number of aromatic nitrogens is 2. The van der Waals surface area contributed by atoms with Crippen molar-refractivity contribution in [2.75, 3.05) is 24.3 Å². The van der Waals surface area contributed by atoms with Gasteiger partial charge in [-0.05, 0) is 42.8 Å². The van der Waals surface area contributed by atoms with Crippen LogP contribution in [0, 0.1) is 29.6 Å². The lowest BCUT2D eigenvalue weighted by atomic mass is 10.1. The highest BCUT2D eigenvalue weighted by atomic mass is 15.1. The van der Waals surface area contributed by atoms with Crippen LogP contribution in [0.5, 0.6) is 0 Å². The first-order chi connectivity index (χ1) is 12.0. The third-order valence-electron chi connectivity index (χ3n) is 3.89. The molecular weight excluding hydrogens is 312 g/mol. The third-order valence-corrected chi connectivity index (χ3v) is 3.89. The summed E-state index contributed by atoms with van der Waals surface area (Å²) < 4.78 is 0. The number of nitrogens with zero attached hydrogens (tertiary/aromatic N) is 5. The van der Waals surface area contributed by atoms with E-state index in [2.05, 4.69) is 10.3 Å². The van der Waals surface area contributed by atoms with Crippen LogP contribution in [0.4, 0.5) is 11.4 Å². The summed E-state index contributed by atoms with van der Waals surface area (Å²) in [5, 5.41) is 20.7. The van der Waals surface area contributed by atoms with Gasteiger partial charge in [0, 0.05) is 31.7 Å². The van der Waals surface area contributed by atoms with Gasteiger partial charge in [-0.1, -0.05) is 0 Å².